The molecule has 1 aromatic heterocycles. The molecule has 0 saturated carbocycles. The first-order chi connectivity index (χ1) is 5.04. The highest BCUT2D eigenvalue weighted by atomic mass is 79.9. The molecule has 0 fully saturated rings. The van der Waals surface area contributed by atoms with Crippen LogP contribution in [-0.4, -0.2) is 4.98 Å². The lowest BCUT2D eigenvalue weighted by Gasteiger charge is -1.88. The maximum absolute atomic E-state index is 12.4. The minimum Gasteiger partial charge on any atom is -0.191 e. The molecule has 1 aromatic rings. The zero-order valence-electron chi connectivity index (χ0n) is 6.08. The van der Waals surface area contributed by atoms with Gasteiger partial charge in [0.25, 0.3) is 0 Å². The molecule has 0 spiro atoms. The van der Waals surface area contributed by atoms with Gasteiger partial charge in [0.2, 0.25) is 11.9 Å². The summed E-state index contributed by atoms with van der Waals surface area (Å²) in [5.41, 5.74) is 0. The highest BCUT2D eigenvalue weighted by Gasteiger charge is 1.96. The fourth-order valence-corrected chi connectivity index (χ4v) is 0.682. The number of nitrogens with zero attached hydrogens (tertiary/aromatic N) is 1. The van der Waals surface area contributed by atoms with Crippen molar-refractivity contribution in [3.05, 3.63) is 28.5 Å². The van der Waals surface area contributed by atoms with Gasteiger partial charge in [-0.3, -0.25) is 0 Å². The van der Waals surface area contributed by atoms with Crippen LogP contribution in [-0.2, 0) is 0 Å². The van der Waals surface area contributed by atoms with Crippen molar-refractivity contribution in [1.29, 1.82) is 0 Å². The molecule has 4 heteroatoms. The highest BCUT2D eigenvalue weighted by molar-refractivity contribution is 9.10. The van der Waals surface area contributed by atoms with E-state index in [9.17, 15) is 8.78 Å². The van der Waals surface area contributed by atoms with Crippen LogP contribution in [0.3, 0.4) is 0 Å². The Labute approximate surface area is 61.7 Å². The maximum atomic E-state index is 12.4. The molecule has 0 bridgehead atoms. The summed E-state index contributed by atoms with van der Waals surface area (Å²) >= 11 is 2.69. The molecule has 0 aliphatic rings. The predicted molar refractivity (Wildman–Crippen MR) is 31.9 cm³/mol. The summed E-state index contributed by atoms with van der Waals surface area (Å²) in [7, 11) is 0. The van der Waals surface area contributed by atoms with Crippen LogP contribution in [0.5, 0.6) is 0 Å². The second kappa shape index (κ2) is 2.39. The van der Waals surface area contributed by atoms with E-state index in [0.29, 0.717) is 0 Å². The molecule has 0 radical (unpaired) electrons. The van der Waals surface area contributed by atoms with Gasteiger partial charge in [0.05, 0.1) is 2.74 Å². The standard InChI is InChI=1S/C5H2BrF2N/c6-3-1-4(7)9-5(8)2-3/h1-2H/i1D,2D. The Morgan fingerprint density at radius 3 is 2.33 bits per heavy atom. The first kappa shape index (κ1) is 4.33. The molecule has 48 valence electrons. The van der Waals surface area contributed by atoms with E-state index >= 15 is 0 Å². The van der Waals surface area contributed by atoms with Crippen molar-refractivity contribution in [1.82, 2.24) is 4.98 Å². The summed E-state index contributed by atoms with van der Waals surface area (Å²) in [5, 5.41) is 0. The zero-order valence-corrected chi connectivity index (χ0v) is 5.67. The molecule has 0 unspecified atom stereocenters. The van der Waals surface area contributed by atoms with Crippen molar-refractivity contribution < 1.29 is 11.5 Å². The third-order valence-corrected chi connectivity index (χ3v) is 1.02. The smallest absolute Gasteiger partial charge is 0.191 e. The van der Waals surface area contributed by atoms with Gasteiger partial charge in [0, 0.05) is 16.6 Å². The Bertz CT molecular complexity index is 279. The van der Waals surface area contributed by atoms with E-state index in [0.717, 1.165) is 0 Å². The topological polar surface area (TPSA) is 12.9 Å². The molecule has 0 N–H and O–H groups in total. The van der Waals surface area contributed by atoms with Gasteiger partial charge in [0.1, 0.15) is 0 Å². The molecular weight excluding hydrogens is 192 g/mol. The molecular formula is C5H2BrF2N. The van der Waals surface area contributed by atoms with Gasteiger partial charge < -0.3 is 0 Å². The van der Waals surface area contributed by atoms with Crippen molar-refractivity contribution in [2.75, 3.05) is 0 Å². The van der Waals surface area contributed by atoms with E-state index in [1.165, 1.54) is 0 Å². The number of halogens is 3. The summed E-state index contributed by atoms with van der Waals surface area (Å²) in [6.07, 6.45) is 0. The number of pyridine rings is 1. The van der Waals surface area contributed by atoms with E-state index < -0.39 is 24.0 Å². The van der Waals surface area contributed by atoms with Crippen LogP contribution < -0.4 is 0 Å². The Hall–Kier alpha value is -0.510. The molecule has 9 heavy (non-hydrogen) atoms. The molecule has 0 amide bonds. The number of rotatable bonds is 0. The van der Waals surface area contributed by atoms with Gasteiger partial charge in [-0.25, -0.2) is 0 Å². The molecule has 1 heterocycles. The molecule has 1 rings (SSSR count). The van der Waals surface area contributed by atoms with Crippen molar-refractivity contribution in [3.63, 3.8) is 0 Å². The van der Waals surface area contributed by atoms with Crippen LogP contribution in [0.1, 0.15) is 2.74 Å². The highest BCUT2D eigenvalue weighted by Crippen LogP contribution is 2.10. The van der Waals surface area contributed by atoms with Gasteiger partial charge in [-0.15, -0.1) is 0 Å². The third-order valence-electron chi connectivity index (χ3n) is 0.622. The van der Waals surface area contributed by atoms with Crippen LogP contribution >= 0.6 is 15.9 Å². The van der Waals surface area contributed by atoms with Gasteiger partial charge >= 0.3 is 0 Å². The maximum Gasteiger partial charge on any atom is 0.216 e. The predicted octanol–water partition coefficient (Wildman–Crippen LogP) is 2.12. The van der Waals surface area contributed by atoms with E-state index in [1.807, 2.05) is 0 Å². The first-order valence-electron chi connectivity index (χ1n) is 3.01. The SMILES string of the molecule is [2H]c1c(F)nc(F)c([2H])c1Br. The van der Waals surface area contributed by atoms with Gasteiger partial charge in [-0.1, -0.05) is 15.9 Å². The summed E-state index contributed by atoms with van der Waals surface area (Å²) in [4.78, 5) is 2.70. The summed E-state index contributed by atoms with van der Waals surface area (Å²) in [6, 6.07) is -1.20. The number of hydrogen-bond acceptors (Lipinski definition) is 1. The third kappa shape index (κ3) is 1.71. The zero-order chi connectivity index (χ0) is 8.59. The van der Waals surface area contributed by atoms with E-state index in [-0.39, 0.29) is 4.47 Å². The first-order valence-corrected chi connectivity index (χ1v) is 2.81. The number of hydrogen-bond donors (Lipinski definition) is 0. The van der Waals surface area contributed by atoms with Crippen LogP contribution in [0.4, 0.5) is 8.78 Å². The Morgan fingerprint density at radius 2 is 1.89 bits per heavy atom. The summed E-state index contributed by atoms with van der Waals surface area (Å²) in [5.74, 6) is -2.43. The normalized spacial score (nSPS) is 12.8. The molecule has 0 aromatic carbocycles. The Kier molecular flexibility index (Phi) is 1.15. The van der Waals surface area contributed by atoms with E-state index in [4.69, 9.17) is 2.74 Å². The van der Waals surface area contributed by atoms with Crippen LogP contribution in [0.25, 0.3) is 0 Å². The van der Waals surface area contributed by atoms with Crippen LogP contribution in [0.15, 0.2) is 16.6 Å². The van der Waals surface area contributed by atoms with Gasteiger partial charge in [0.15, 0.2) is 0 Å². The average Bonchev–Trinajstić information content (AvgIpc) is 1.97. The van der Waals surface area contributed by atoms with Crippen molar-refractivity contribution in [2.45, 2.75) is 0 Å². The van der Waals surface area contributed by atoms with Crippen LogP contribution in [0, 0.1) is 11.9 Å². The second-order valence-corrected chi connectivity index (χ2v) is 2.05. The quantitative estimate of drug-likeness (QED) is 0.579. The lowest BCUT2D eigenvalue weighted by molar-refractivity contribution is 0.511. The van der Waals surface area contributed by atoms with Crippen molar-refractivity contribution >= 4 is 15.9 Å². The Morgan fingerprint density at radius 1 is 1.44 bits per heavy atom. The summed E-state index contributed by atoms with van der Waals surface area (Å²) < 4.78 is 38.3. The monoisotopic (exact) mass is 195 g/mol. The van der Waals surface area contributed by atoms with E-state index in [1.54, 1.807) is 0 Å². The minimum atomic E-state index is -1.22. The summed E-state index contributed by atoms with van der Waals surface area (Å²) in [6.45, 7) is 0. The number of aromatic nitrogens is 1. The van der Waals surface area contributed by atoms with Crippen molar-refractivity contribution in [2.24, 2.45) is 0 Å². The molecule has 1 nitrogen and oxygen atoms in total. The molecule has 0 aliphatic heterocycles. The minimum absolute atomic E-state index is 0.220. The fraction of sp³-hybridized carbons (Fsp3) is 0. The van der Waals surface area contributed by atoms with E-state index in [2.05, 4.69) is 20.9 Å². The van der Waals surface area contributed by atoms with Gasteiger partial charge in [-0.2, -0.15) is 13.8 Å². The molecule has 0 aliphatic carbocycles. The lowest BCUT2D eigenvalue weighted by atomic mass is 10.5. The molecule has 0 saturated heterocycles. The van der Waals surface area contributed by atoms with Crippen molar-refractivity contribution in [3.8, 4) is 0 Å². The largest absolute Gasteiger partial charge is 0.216 e. The second-order valence-electron chi connectivity index (χ2n) is 1.26. The average molecular weight is 196 g/mol. The van der Waals surface area contributed by atoms with Crippen LogP contribution in [0.2, 0.25) is 0 Å². The fourth-order valence-electron chi connectivity index (χ4n) is 0.354. The Balaban J connectivity index is 3.46. The van der Waals surface area contributed by atoms with Gasteiger partial charge in [-0.05, 0) is 0 Å². The lowest BCUT2D eigenvalue weighted by Crippen LogP contribution is -1.85. The molecule has 0 atom stereocenters.